The van der Waals surface area contributed by atoms with Crippen LogP contribution in [0.4, 0.5) is 0 Å². The number of rotatable bonds is 7. The first-order valence-electron chi connectivity index (χ1n) is 6.35. The van der Waals surface area contributed by atoms with E-state index in [2.05, 4.69) is 49.8 Å². The van der Waals surface area contributed by atoms with E-state index < -0.39 is 0 Å². The average Bonchev–Trinajstić information content (AvgIpc) is 2.35. The van der Waals surface area contributed by atoms with Crippen molar-refractivity contribution < 1.29 is 4.84 Å². The molecule has 0 aliphatic heterocycles. The Bertz CT molecular complexity index is 393. The first-order valence-corrected chi connectivity index (χ1v) is 6.35. The fraction of sp³-hybridized carbons (Fsp3) is 0.438. The van der Waals surface area contributed by atoms with E-state index in [1.54, 1.807) is 7.11 Å². The molecule has 2 nitrogen and oxygen atoms in total. The van der Waals surface area contributed by atoms with Gasteiger partial charge in [-0.25, -0.2) is 0 Å². The molecule has 0 saturated carbocycles. The summed E-state index contributed by atoms with van der Waals surface area (Å²) in [5.74, 6) is 0. The summed E-state index contributed by atoms with van der Waals surface area (Å²) in [7, 11) is 1.60. The second-order valence-corrected chi connectivity index (χ2v) is 5.09. The zero-order chi connectivity index (χ0) is 13.4. The molecule has 0 amide bonds. The summed E-state index contributed by atoms with van der Waals surface area (Å²) in [4.78, 5) is 4.98. The Labute approximate surface area is 110 Å². The Morgan fingerprint density at radius 2 is 2.00 bits per heavy atom. The average molecular weight is 245 g/mol. The molecule has 0 aromatic heterocycles. The van der Waals surface area contributed by atoms with E-state index in [9.17, 15) is 0 Å². The summed E-state index contributed by atoms with van der Waals surface area (Å²) in [6.45, 7) is 8.18. The predicted octanol–water partition coefficient (Wildman–Crippen LogP) is 4.22. The van der Waals surface area contributed by atoms with Crippen molar-refractivity contribution in [2.75, 3.05) is 7.11 Å². The summed E-state index contributed by atoms with van der Waals surface area (Å²) in [6.07, 6.45) is 4.72. The first kappa shape index (κ1) is 14.5. The first-order chi connectivity index (χ1) is 8.60. The minimum absolute atomic E-state index is 0.000370. The molecule has 0 atom stereocenters. The van der Waals surface area contributed by atoms with E-state index in [1.165, 1.54) is 5.56 Å². The minimum atomic E-state index is 0.000370. The molecule has 0 bridgehead atoms. The zero-order valence-electron chi connectivity index (χ0n) is 11.6. The Hall–Kier alpha value is -1.57. The molecule has 0 radical (unpaired) electrons. The van der Waals surface area contributed by atoms with E-state index in [1.807, 2.05) is 12.1 Å². The topological polar surface area (TPSA) is 21.6 Å². The zero-order valence-corrected chi connectivity index (χ0v) is 11.6. The second-order valence-electron chi connectivity index (χ2n) is 5.09. The van der Waals surface area contributed by atoms with E-state index >= 15 is 0 Å². The van der Waals surface area contributed by atoms with E-state index in [4.69, 9.17) is 4.84 Å². The molecule has 0 fully saturated rings. The van der Waals surface area contributed by atoms with Gasteiger partial charge < -0.3 is 4.84 Å². The van der Waals surface area contributed by atoms with Crippen molar-refractivity contribution in [3.8, 4) is 0 Å². The van der Waals surface area contributed by atoms with Crippen LogP contribution in [0.5, 0.6) is 0 Å². The van der Waals surface area contributed by atoms with Gasteiger partial charge in [0.2, 0.25) is 0 Å². The monoisotopic (exact) mass is 245 g/mol. The van der Waals surface area contributed by atoms with E-state index in [0.29, 0.717) is 0 Å². The molecule has 0 aliphatic rings. The molecule has 0 aliphatic carbocycles. The van der Waals surface area contributed by atoms with Crippen LogP contribution < -0.4 is 0 Å². The number of allylic oxidation sites excluding steroid dienone is 1. The lowest BCUT2D eigenvalue weighted by Gasteiger charge is -2.26. The van der Waals surface area contributed by atoms with Gasteiger partial charge in [-0.05, 0) is 24.8 Å². The van der Waals surface area contributed by atoms with Gasteiger partial charge in [0, 0.05) is 5.41 Å². The van der Waals surface area contributed by atoms with Gasteiger partial charge in [-0.2, -0.15) is 0 Å². The van der Waals surface area contributed by atoms with Gasteiger partial charge in [0.05, 0.1) is 5.71 Å². The normalized spacial score (nSPS) is 12.3. The Balaban J connectivity index is 2.81. The van der Waals surface area contributed by atoms with E-state index in [0.717, 1.165) is 25.0 Å². The molecule has 0 unspecified atom stereocenters. The summed E-state index contributed by atoms with van der Waals surface area (Å²) >= 11 is 0. The molecule has 0 heterocycles. The van der Waals surface area contributed by atoms with Crippen molar-refractivity contribution in [1.82, 2.24) is 0 Å². The van der Waals surface area contributed by atoms with Crippen molar-refractivity contribution in [2.24, 2.45) is 10.6 Å². The third-order valence-corrected chi connectivity index (χ3v) is 3.06. The third kappa shape index (κ3) is 4.36. The number of oxime groups is 1. The van der Waals surface area contributed by atoms with Crippen molar-refractivity contribution >= 4 is 5.71 Å². The Kier molecular flexibility index (Phi) is 5.63. The van der Waals surface area contributed by atoms with Crippen LogP contribution in [0.25, 0.3) is 0 Å². The van der Waals surface area contributed by atoms with Crippen LogP contribution in [-0.4, -0.2) is 12.8 Å². The quantitative estimate of drug-likeness (QED) is 0.400. The molecule has 0 spiro atoms. The van der Waals surface area contributed by atoms with Crippen LogP contribution in [0.15, 0.2) is 48.1 Å². The fourth-order valence-electron chi connectivity index (χ4n) is 2.06. The highest BCUT2D eigenvalue weighted by Crippen LogP contribution is 2.26. The van der Waals surface area contributed by atoms with Crippen molar-refractivity contribution in [2.45, 2.75) is 33.1 Å². The summed E-state index contributed by atoms with van der Waals surface area (Å²) < 4.78 is 0. The largest absolute Gasteiger partial charge is 0.399 e. The maximum Gasteiger partial charge on any atom is 0.106 e. The third-order valence-electron chi connectivity index (χ3n) is 3.06. The van der Waals surface area contributed by atoms with Crippen LogP contribution in [0.2, 0.25) is 0 Å². The van der Waals surface area contributed by atoms with Gasteiger partial charge >= 0.3 is 0 Å². The molecular weight excluding hydrogens is 222 g/mol. The van der Waals surface area contributed by atoms with Crippen LogP contribution in [0.3, 0.4) is 0 Å². The lowest BCUT2D eigenvalue weighted by Crippen LogP contribution is -2.27. The number of benzene rings is 1. The van der Waals surface area contributed by atoms with Gasteiger partial charge in [0.1, 0.15) is 7.11 Å². The van der Waals surface area contributed by atoms with Gasteiger partial charge in [-0.1, -0.05) is 55.4 Å². The lowest BCUT2D eigenvalue weighted by atomic mass is 9.79. The number of hydrogen-bond acceptors (Lipinski definition) is 2. The molecule has 0 saturated heterocycles. The molecule has 98 valence electrons. The molecule has 2 heteroatoms. The lowest BCUT2D eigenvalue weighted by molar-refractivity contribution is 0.207. The van der Waals surface area contributed by atoms with Crippen LogP contribution in [-0.2, 0) is 11.3 Å². The fourth-order valence-corrected chi connectivity index (χ4v) is 2.06. The molecular formula is C16H23NO. The number of nitrogens with zero attached hydrogens (tertiary/aromatic N) is 1. The SMILES string of the molecule is C=CCC/C(=N/OC)C(C)(C)Cc1ccccc1. The standard InChI is InChI=1S/C16H23NO/c1-5-6-12-15(17-18-4)16(2,3)13-14-10-8-7-9-11-14/h5,7-11H,1,6,12-13H2,2-4H3/b17-15-. The molecule has 1 aromatic carbocycles. The van der Waals surface area contributed by atoms with Crippen molar-refractivity contribution in [3.63, 3.8) is 0 Å². The van der Waals surface area contributed by atoms with Crippen molar-refractivity contribution in [3.05, 3.63) is 48.6 Å². The highest BCUT2D eigenvalue weighted by atomic mass is 16.6. The molecule has 1 aromatic rings. The highest BCUT2D eigenvalue weighted by molar-refractivity contribution is 5.89. The van der Waals surface area contributed by atoms with Crippen LogP contribution in [0.1, 0.15) is 32.3 Å². The Morgan fingerprint density at radius 3 is 2.56 bits per heavy atom. The predicted molar refractivity (Wildman–Crippen MR) is 77.8 cm³/mol. The van der Waals surface area contributed by atoms with Gasteiger partial charge in [0.25, 0.3) is 0 Å². The molecule has 18 heavy (non-hydrogen) atoms. The highest BCUT2D eigenvalue weighted by Gasteiger charge is 2.25. The van der Waals surface area contributed by atoms with Gasteiger partial charge in [-0.3, -0.25) is 0 Å². The van der Waals surface area contributed by atoms with E-state index in [-0.39, 0.29) is 5.41 Å². The van der Waals surface area contributed by atoms with Crippen LogP contribution >= 0.6 is 0 Å². The summed E-state index contributed by atoms with van der Waals surface area (Å²) in [5, 5.41) is 4.20. The minimum Gasteiger partial charge on any atom is -0.399 e. The Morgan fingerprint density at radius 1 is 1.33 bits per heavy atom. The molecule has 0 N–H and O–H groups in total. The summed E-state index contributed by atoms with van der Waals surface area (Å²) in [5.41, 5.74) is 2.42. The smallest absolute Gasteiger partial charge is 0.106 e. The maximum atomic E-state index is 4.98. The maximum absolute atomic E-state index is 4.98. The van der Waals surface area contributed by atoms with Crippen molar-refractivity contribution in [1.29, 1.82) is 0 Å². The van der Waals surface area contributed by atoms with Crippen LogP contribution in [0, 0.1) is 5.41 Å². The van der Waals surface area contributed by atoms with Gasteiger partial charge in [0.15, 0.2) is 0 Å². The summed E-state index contributed by atoms with van der Waals surface area (Å²) in [6, 6.07) is 10.5. The second kappa shape index (κ2) is 7.00. The number of hydrogen-bond donors (Lipinski definition) is 0. The van der Waals surface area contributed by atoms with Gasteiger partial charge in [-0.15, -0.1) is 6.58 Å². The molecule has 1 rings (SSSR count).